The van der Waals surface area contributed by atoms with E-state index in [1.54, 1.807) is 0 Å². The summed E-state index contributed by atoms with van der Waals surface area (Å²) in [6.45, 7) is 4.29. The van der Waals surface area contributed by atoms with Crippen LogP contribution in [0, 0.1) is 0 Å². The molecule has 2 unspecified atom stereocenters. The van der Waals surface area contributed by atoms with Crippen molar-refractivity contribution in [2.45, 2.75) is 51.9 Å². The molecule has 2 aromatic heterocycles. The number of hydrogen-bond acceptors (Lipinski definition) is 5. The average molecular weight is 423 g/mol. The highest BCUT2D eigenvalue weighted by Gasteiger charge is 2.19. The first-order valence-corrected chi connectivity index (χ1v) is 10.8. The Balaban J connectivity index is 1.54. The van der Waals surface area contributed by atoms with Gasteiger partial charge in [-0.3, -0.25) is 0 Å². The third-order valence-corrected chi connectivity index (χ3v) is 5.30. The van der Waals surface area contributed by atoms with Crippen molar-refractivity contribution in [3.05, 3.63) is 48.5 Å². The molecule has 30 heavy (non-hydrogen) atoms. The van der Waals surface area contributed by atoms with E-state index in [1.165, 1.54) is 0 Å². The maximum atomic E-state index is 5.68. The molecule has 0 saturated carbocycles. The number of rotatable bonds is 8. The third kappa shape index (κ3) is 4.11. The molecule has 8 nitrogen and oxygen atoms in total. The molecule has 0 spiro atoms. The normalized spacial score (nSPS) is 13.4. The predicted molar refractivity (Wildman–Crippen MR) is 122 cm³/mol. The van der Waals surface area contributed by atoms with Crippen LogP contribution in [0.5, 0.6) is 0 Å². The standard InChI is InChI=1S/C21H26N8S/c1-3-9-19(28-17-13-7-5-11-15(17)24-26-28)22-21(30)23-20(10-4-2)29-18-14-8-6-12-16(18)25-27-29/h5-8,11-14,19-20H,3-4,9-10H2,1-2H3,(H2,22,23,30). The number of para-hydroxylation sites is 2. The smallest absolute Gasteiger partial charge is 0.169 e. The fourth-order valence-corrected chi connectivity index (χ4v) is 3.91. The number of aromatic nitrogens is 6. The number of thiocarbonyl (C=S) groups is 1. The lowest BCUT2D eigenvalue weighted by Gasteiger charge is -2.25. The number of nitrogens with zero attached hydrogens (tertiary/aromatic N) is 6. The lowest BCUT2D eigenvalue weighted by Crippen LogP contribution is -2.43. The maximum Gasteiger partial charge on any atom is 0.169 e. The second-order valence-electron chi connectivity index (χ2n) is 7.27. The molecule has 0 aliphatic heterocycles. The number of benzene rings is 2. The van der Waals surface area contributed by atoms with Gasteiger partial charge in [0.15, 0.2) is 5.11 Å². The van der Waals surface area contributed by atoms with Crippen molar-refractivity contribution in [3.8, 4) is 0 Å². The summed E-state index contributed by atoms with van der Waals surface area (Å²) in [7, 11) is 0. The van der Waals surface area contributed by atoms with E-state index in [0.717, 1.165) is 47.8 Å². The first-order valence-electron chi connectivity index (χ1n) is 10.4. The van der Waals surface area contributed by atoms with E-state index in [2.05, 4.69) is 45.1 Å². The topological polar surface area (TPSA) is 85.5 Å². The van der Waals surface area contributed by atoms with Gasteiger partial charge >= 0.3 is 0 Å². The molecule has 9 heteroatoms. The molecule has 2 heterocycles. The summed E-state index contributed by atoms with van der Waals surface area (Å²) in [5.41, 5.74) is 3.71. The van der Waals surface area contributed by atoms with E-state index < -0.39 is 0 Å². The molecule has 0 radical (unpaired) electrons. The lowest BCUT2D eigenvalue weighted by molar-refractivity contribution is 0.369. The molecular weight excluding hydrogens is 396 g/mol. The van der Waals surface area contributed by atoms with Crippen molar-refractivity contribution in [2.75, 3.05) is 0 Å². The Morgan fingerprint density at radius 3 is 1.67 bits per heavy atom. The minimum absolute atomic E-state index is 0.0860. The van der Waals surface area contributed by atoms with Gasteiger partial charge in [0, 0.05) is 0 Å². The minimum Gasteiger partial charge on any atom is -0.341 e. The monoisotopic (exact) mass is 422 g/mol. The van der Waals surface area contributed by atoms with Crippen molar-refractivity contribution >= 4 is 39.4 Å². The van der Waals surface area contributed by atoms with Gasteiger partial charge in [0.2, 0.25) is 0 Å². The maximum absolute atomic E-state index is 5.68. The van der Waals surface area contributed by atoms with Crippen LogP contribution in [0.4, 0.5) is 0 Å². The Labute approximate surface area is 180 Å². The zero-order valence-electron chi connectivity index (χ0n) is 17.2. The van der Waals surface area contributed by atoms with Gasteiger partial charge in [0.1, 0.15) is 23.4 Å². The third-order valence-electron chi connectivity index (χ3n) is 5.06. The van der Waals surface area contributed by atoms with Crippen LogP contribution < -0.4 is 10.6 Å². The molecule has 4 aromatic rings. The fourth-order valence-electron chi connectivity index (χ4n) is 3.64. The van der Waals surface area contributed by atoms with Gasteiger partial charge in [-0.15, -0.1) is 10.2 Å². The Morgan fingerprint density at radius 1 is 0.800 bits per heavy atom. The van der Waals surface area contributed by atoms with E-state index in [0.29, 0.717) is 5.11 Å². The summed E-state index contributed by atoms with van der Waals surface area (Å²) < 4.78 is 3.82. The Bertz CT molecular complexity index is 1050. The van der Waals surface area contributed by atoms with Crippen LogP contribution in [-0.2, 0) is 0 Å². The SMILES string of the molecule is CCCC(NC(=S)NC(CCC)n1nnc2ccccc21)n1nnc2ccccc21. The van der Waals surface area contributed by atoms with Crippen LogP contribution in [0.2, 0.25) is 0 Å². The van der Waals surface area contributed by atoms with E-state index in [9.17, 15) is 0 Å². The Kier molecular flexibility index (Phi) is 6.18. The molecule has 2 aromatic carbocycles. The lowest BCUT2D eigenvalue weighted by atomic mass is 10.2. The highest BCUT2D eigenvalue weighted by molar-refractivity contribution is 7.80. The van der Waals surface area contributed by atoms with Gasteiger partial charge < -0.3 is 10.6 Å². The van der Waals surface area contributed by atoms with Gasteiger partial charge in [0.25, 0.3) is 0 Å². The molecule has 156 valence electrons. The zero-order chi connectivity index (χ0) is 20.9. The summed E-state index contributed by atoms with van der Waals surface area (Å²) in [6.07, 6.45) is 3.55. The van der Waals surface area contributed by atoms with Crippen molar-refractivity contribution in [1.82, 2.24) is 40.6 Å². The molecule has 0 amide bonds. The summed E-state index contributed by atoms with van der Waals surface area (Å²) in [6, 6.07) is 15.9. The molecular formula is C21H26N8S. The van der Waals surface area contributed by atoms with Crippen molar-refractivity contribution in [3.63, 3.8) is 0 Å². The van der Waals surface area contributed by atoms with E-state index in [1.807, 2.05) is 57.9 Å². The van der Waals surface area contributed by atoms with Gasteiger partial charge in [0.05, 0.1) is 11.0 Å². The highest BCUT2D eigenvalue weighted by atomic mass is 32.1. The first-order chi connectivity index (χ1) is 14.7. The highest BCUT2D eigenvalue weighted by Crippen LogP contribution is 2.19. The minimum atomic E-state index is -0.0860. The molecule has 2 N–H and O–H groups in total. The second kappa shape index (κ2) is 9.17. The van der Waals surface area contributed by atoms with Crippen molar-refractivity contribution < 1.29 is 0 Å². The number of nitrogens with one attached hydrogen (secondary N) is 2. The van der Waals surface area contributed by atoms with Gasteiger partial charge in [-0.2, -0.15) is 0 Å². The summed E-state index contributed by atoms with van der Waals surface area (Å²) in [5.74, 6) is 0. The van der Waals surface area contributed by atoms with Crippen LogP contribution in [0.3, 0.4) is 0 Å². The number of fused-ring (bicyclic) bond motifs is 2. The van der Waals surface area contributed by atoms with Gasteiger partial charge in [-0.05, 0) is 49.3 Å². The van der Waals surface area contributed by atoms with Crippen molar-refractivity contribution in [2.24, 2.45) is 0 Å². The van der Waals surface area contributed by atoms with Crippen molar-refractivity contribution in [1.29, 1.82) is 0 Å². The van der Waals surface area contributed by atoms with Crippen LogP contribution >= 0.6 is 12.2 Å². The van der Waals surface area contributed by atoms with Gasteiger partial charge in [-0.25, -0.2) is 9.36 Å². The molecule has 0 saturated heterocycles. The predicted octanol–water partition coefficient (Wildman–Crippen LogP) is 3.94. The number of hydrogen-bond donors (Lipinski definition) is 2. The summed E-state index contributed by atoms with van der Waals surface area (Å²) in [5, 5.41) is 24.7. The van der Waals surface area contributed by atoms with Gasteiger partial charge in [-0.1, -0.05) is 61.4 Å². The van der Waals surface area contributed by atoms with Crippen LogP contribution in [0.1, 0.15) is 51.9 Å². The Hall–Kier alpha value is -3.07. The molecule has 2 atom stereocenters. The molecule has 0 bridgehead atoms. The molecule has 0 fully saturated rings. The first kappa shape index (κ1) is 20.2. The largest absolute Gasteiger partial charge is 0.341 e. The summed E-state index contributed by atoms with van der Waals surface area (Å²) in [4.78, 5) is 0. The Morgan fingerprint density at radius 2 is 1.23 bits per heavy atom. The van der Waals surface area contributed by atoms with E-state index >= 15 is 0 Å². The molecule has 4 rings (SSSR count). The van der Waals surface area contributed by atoms with E-state index in [-0.39, 0.29) is 12.3 Å². The quantitative estimate of drug-likeness (QED) is 0.416. The van der Waals surface area contributed by atoms with Crippen LogP contribution in [0.15, 0.2) is 48.5 Å². The van der Waals surface area contributed by atoms with Crippen LogP contribution in [0.25, 0.3) is 22.1 Å². The van der Waals surface area contributed by atoms with E-state index in [4.69, 9.17) is 12.2 Å². The fraction of sp³-hybridized carbons (Fsp3) is 0.381. The molecule has 0 aliphatic rings. The van der Waals surface area contributed by atoms with Crippen LogP contribution in [-0.4, -0.2) is 35.1 Å². The average Bonchev–Trinajstić information content (AvgIpc) is 3.37. The summed E-state index contributed by atoms with van der Waals surface area (Å²) >= 11 is 5.68. The molecule has 0 aliphatic carbocycles. The zero-order valence-corrected chi connectivity index (χ0v) is 18.0. The second-order valence-corrected chi connectivity index (χ2v) is 7.68.